The lowest BCUT2D eigenvalue weighted by Crippen LogP contribution is -1.98. The Hall–Kier alpha value is -0.380. The molecule has 0 aliphatic carbocycles. The number of aliphatic imine (C=N–C) groups is 1. The molecule has 0 atom stereocenters. The summed E-state index contributed by atoms with van der Waals surface area (Å²) in [5.74, 6) is -0.459. The summed E-state index contributed by atoms with van der Waals surface area (Å²) in [5.41, 5.74) is 0. The molecule has 13 heavy (non-hydrogen) atoms. The quantitative estimate of drug-likeness (QED) is 0.351. The summed E-state index contributed by atoms with van der Waals surface area (Å²) >= 11 is 7.86. The smallest absolute Gasteiger partial charge is 0.304 e. The zero-order valence-corrected chi connectivity index (χ0v) is 8.95. The fraction of sp³-hybridized carbons (Fsp3) is 0.500. The van der Waals surface area contributed by atoms with Gasteiger partial charge in [0, 0.05) is 5.75 Å². The standard InChI is InChI=1S/C6H7ClN2O2S2/c7-3-13-6(9-4-8)12-2-1-5(10)11/h1-3H2,(H,10,11). The van der Waals surface area contributed by atoms with E-state index in [0.29, 0.717) is 15.3 Å². The van der Waals surface area contributed by atoms with Gasteiger partial charge in [0.15, 0.2) is 0 Å². The molecule has 0 aliphatic heterocycles. The summed E-state index contributed by atoms with van der Waals surface area (Å²) in [4.78, 5) is 13.6. The highest BCUT2D eigenvalue weighted by Crippen LogP contribution is 2.18. The largest absolute Gasteiger partial charge is 0.481 e. The Morgan fingerprint density at radius 3 is 2.77 bits per heavy atom. The van der Waals surface area contributed by atoms with Crippen molar-refractivity contribution in [3.05, 3.63) is 0 Å². The fourth-order valence-electron chi connectivity index (χ4n) is 0.419. The minimum absolute atomic E-state index is 0.0535. The van der Waals surface area contributed by atoms with E-state index >= 15 is 0 Å². The Kier molecular flexibility index (Phi) is 7.99. The number of alkyl halides is 1. The van der Waals surface area contributed by atoms with Crippen molar-refractivity contribution >= 4 is 45.5 Å². The molecule has 0 radical (unpaired) electrons. The van der Waals surface area contributed by atoms with Gasteiger partial charge in [-0.25, -0.2) is 0 Å². The number of hydrogen-bond acceptors (Lipinski definition) is 5. The third-order valence-electron chi connectivity index (χ3n) is 0.861. The molecule has 0 bridgehead atoms. The van der Waals surface area contributed by atoms with Crippen molar-refractivity contribution < 1.29 is 9.90 Å². The van der Waals surface area contributed by atoms with Crippen LogP contribution in [0.4, 0.5) is 0 Å². The molecule has 0 heterocycles. The van der Waals surface area contributed by atoms with Gasteiger partial charge in [-0.1, -0.05) is 23.5 Å². The number of thioether (sulfide) groups is 2. The molecule has 0 fully saturated rings. The van der Waals surface area contributed by atoms with Crippen LogP contribution < -0.4 is 0 Å². The predicted molar refractivity (Wildman–Crippen MR) is 56.1 cm³/mol. The average Bonchev–Trinajstić information content (AvgIpc) is 2.04. The summed E-state index contributed by atoms with van der Waals surface area (Å²) in [6.45, 7) is 0. The van der Waals surface area contributed by atoms with E-state index in [1.807, 2.05) is 0 Å². The lowest BCUT2D eigenvalue weighted by atomic mass is 10.5. The van der Waals surface area contributed by atoms with Crippen LogP contribution in [0.3, 0.4) is 0 Å². The van der Waals surface area contributed by atoms with E-state index in [4.69, 9.17) is 22.0 Å². The Bertz CT molecular complexity index is 239. The molecule has 0 aromatic rings. The maximum atomic E-state index is 10.1. The highest BCUT2D eigenvalue weighted by Gasteiger charge is 2.03. The van der Waals surface area contributed by atoms with E-state index in [-0.39, 0.29) is 6.42 Å². The molecule has 0 aliphatic rings. The number of aliphatic carboxylic acids is 1. The molecule has 0 rings (SSSR count). The van der Waals surface area contributed by atoms with Crippen molar-refractivity contribution in [3.8, 4) is 6.19 Å². The minimum Gasteiger partial charge on any atom is -0.481 e. The van der Waals surface area contributed by atoms with E-state index in [9.17, 15) is 4.79 Å². The van der Waals surface area contributed by atoms with Gasteiger partial charge in [0.2, 0.25) is 6.19 Å². The first-order valence-electron chi connectivity index (χ1n) is 3.20. The molecular weight excluding hydrogens is 232 g/mol. The molecule has 0 spiro atoms. The SMILES string of the molecule is N#CN=C(SCCl)SCCC(=O)O. The third-order valence-corrected chi connectivity index (χ3v) is 3.09. The van der Waals surface area contributed by atoms with Crippen LogP contribution in [0.25, 0.3) is 0 Å². The summed E-state index contributed by atoms with van der Waals surface area (Å²) < 4.78 is 0.513. The van der Waals surface area contributed by atoms with Gasteiger partial charge in [-0.2, -0.15) is 10.3 Å². The Balaban J connectivity index is 3.78. The Morgan fingerprint density at radius 2 is 2.31 bits per heavy atom. The number of nitriles is 1. The van der Waals surface area contributed by atoms with E-state index in [0.717, 1.165) is 0 Å². The molecule has 0 aromatic heterocycles. The number of halogens is 1. The summed E-state index contributed by atoms with van der Waals surface area (Å²) in [7, 11) is 0. The van der Waals surface area contributed by atoms with Crippen LogP contribution in [0.2, 0.25) is 0 Å². The molecule has 0 saturated heterocycles. The topological polar surface area (TPSA) is 73.5 Å². The molecular formula is C6H7ClN2O2S2. The van der Waals surface area contributed by atoms with Gasteiger partial charge in [-0.15, -0.1) is 11.6 Å². The lowest BCUT2D eigenvalue weighted by Gasteiger charge is -1.98. The molecule has 0 amide bonds. The lowest BCUT2D eigenvalue weighted by molar-refractivity contribution is -0.136. The maximum Gasteiger partial charge on any atom is 0.304 e. The first kappa shape index (κ1) is 12.6. The number of hydrogen-bond donors (Lipinski definition) is 1. The van der Waals surface area contributed by atoms with Crippen LogP contribution in [0.15, 0.2) is 4.99 Å². The Labute approximate surface area is 89.4 Å². The number of rotatable bonds is 4. The van der Waals surface area contributed by atoms with Crippen LogP contribution in [0.1, 0.15) is 6.42 Å². The molecule has 7 heteroatoms. The van der Waals surface area contributed by atoms with Crippen LogP contribution in [-0.4, -0.2) is 26.4 Å². The zero-order chi connectivity index (χ0) is 10.1. The van der Waals surface area contributed by atoms with E-state index in [1.54, 1.807) is 6.19 Å². The van der Waals surface area contributed by atoms with Crippen molar-refractivity contribution in [3.63, 3.8) is 0 Å². The van der Waals surface area contributed by atoms with Crippen molar-refractivity contribution in [2.45, 2.75) is 6.42 Å². The second-order valence-corrected chi connectivity index (χ2v) is 4.61. The molecule has 0 saturated carbocycles. The van der Waals surface area contributed by atoms with Crippen molar-refractivity contribution in [2.75, 3.05) is 11.0 Å². The molecule has 0 unspecified atom stereocenters. The molecule has 72 valence electrons. The van der Waals surface area contributed by atoms with Crippen molar-refractivity contribution in [1.29, 1.82) is 5.26 Å². The first-order chi connectivity index (χ1) is 6.20. The third kappa shape index (κ3) is 7.96. The number of carboxylic acids is 1. The highest BCUT2D eigenvalue weighted by molar-refractivity contribution is 8.39. The van der Waals surface area contributed by atoms with Crippen molar-refractivity contribution in [2.24, 2.45) is 4.99 Å². The summed E-state index contributed by atoms with van der Waals surface area (Å²) in [6, 6.07) is 0. The second-order valence-electron chi connectivity index (χ2n) is 1.72. The van der Waals surface area contributed by atoms with Gasteiger partial charge in [-0.05, 0) is 0 Å². The van der Waals surface area contributed by atoms with Crippen LogP contribution >= 0.6 is 35.1 Å². The van der Waals surface area contributed by atoms with Gasteiger partial charge in [0.1, 0.15) is 4.38 Å². The monoisotopic (exact) mass is 238 g/mol. The molecule has 0 aromatic carbocycles. The van der Waals surface area contributed by atoms with Gasteiger partial charge < -0.3 is 5.11 Å². The number of nitrogens with zero attached hydrogens (tertiary/aromatic N) is 2. The fourth-order valence-corrected chi connectivity index (χ4v) is 2.44. The maximum absolute atomic E-state index is 10.1. The zero-order valence-electron chi connectivity index (χ0n) is 6.57. The van der Waals surface area contributed by atoms with Crippen LogP contribution in [-0.2, 0) is 4.79 Å². The Morgan fingerprint density at radius 1 is 1.62 bits per heavy atom. The summed E-state index contributed by atoms with van der Waals surface area (Å²) in [5, 5.41) is 16.9. The van der Waals surface area contributed by atoms with Gasteiger partial charge in [-0.3, -0.25) is 4.79 Å². The molecule has 1 N–H and O–H groups in total. The normalized spacial score (nSPS) is 10.9. The highest BCUT2D eigenvalue weighted by atomic mass is 35.5. The number of carbonyl (C=O) groups is 1. The van der Waals surface area contributed by atoms with E-state index in [2.05, 4.69) is 4.99 Å². The van der Waals surface area contributed by atoms with Gasteiger partial charge in [0.25, 0.3) is 0 Å². The summed E-state index contributed by atoms with van der Waals surface area (Å²) in [6.07, 6.45) is 1.68. The van der Waals surface area contributed by atoms with Crippen LogP contribution in [0, 0.1) is 11.5 Å². The average molecular weight is 239 g/mol. The predicted octanol–water partition coefficient (Wildman–Crippen LogP) is 1.96. The van der Waals surface area contributed by atoms with E-state index < -0.39 is 5.97 Å². The molecule has 4 nitrogen and oxygen atoms in total. The minimum atomic E-state index is -0.861. The van der Waals surface area contributed by atoms with Gasteiger partial charge >= 0.3 is 5.97 Å². The van der Waals surface area contributed by atoms with Crippen LogP contribution in [0.5, 0.6) is 0 Å². The van der Waals surface area contributed by atoms with Gasteiger partial charge in [0.05, 0.1) is 11.6 Å². The second kappa shape index (κ2) is 8.23. The van der Waals surface area contributed by atoms with E-state index in [1.165, 1.54) is 23.5 Å². The number of carboxylic acid groups (broad SMARTS) is 1. The first-order valence-corrected chi connectivity index (χ1v) is 5.71. The van der Waals surface area contributed by atoms with Crippen molar-refractivity contribution in [1.82, 2.24) is 0 Å².